The Morgan fingerprint density at radius 1 is 1.24 bits per heavy atom. The largest absolute Gasteiger partial charge is 0.383 e. The Kier molecular flexibility index (Phi) is 8.47. The highest BCUT2D eigenvalue weighted by Gasteiger charge is 1.99. The topological polar surface area (TPSA) is 48.9 Å². The van der Waals surface area contributed by atoms with Gasteiger partial charge in [-0.25, -0.2) is 4.99 Å². The molecule has 0 bridgehead atoms. The number of benzene rings is 1. The predicted molar refractivity (Wildman–Crippen MR) is 88.5 cm³/mol. The van der Waals surface area contributed by atoms with Gasteiger partial charge in [0.15, 0.2) is 5.96 Å². The standard InChI is InChI=1S/C16H28N4O/c1-5-17-16(18-9-10-21-4)19-12-14-7-6-8-15(11-14)13-20(2)3/h6-8,11H,5,9-10,12-13H2,1-4H3,(H2,17,18,19). The van der Waals surface area contributed by atoms with Crippen LogP contribution in [0.1, 0.15) is 18.1 Å². The number of ether oxygens (including phenoxy) is 1. The lowest BCUT2D eigenvalue weighted by Crippen LogP contribution is -2.38. The quantitative estimate of drug-likeness (QED) is 0.432. The van der Waals surface area contributed by atoms with Gasteiger partial charge in [0.1, 0.15) is 0 Å². The zero-order valence-corrected chi connectivity index (χ0v) is 13.6. The van der Waals surface area contributed by atoms with Gasteiger partial charge < -0.3 is 20.3 Å². The third kappa shape index (κ3) is 7.68. The molecule has 21 heavy (non-hydrogen) atoms. The van der Waals surface area contributed by atoms with Gasteiger partial charge >= 0.3 is 0 Å². The van der Waals surface area contributed by atoms with Crippen LogP contribution in [0.4, 0.5) is 0 Å². The fraction of sp³-hybridized carbons (Fsp3) is 0.562. The summed E-state index contributed by atoms with van der Waals surface area (Å²) >= 11 is 0. The zero-order chi connectivity index (χ0) is 15.5. The molecule has 0 heterocycles. The average molecular weight is 292 g/mol. The van der Waals surface area contributed by atoms with Crippen LogP contribution in [0.25, 0.3) is 0 Å². The molecular formula is C16H28N4O. The number of rotatable bonds is 8. The van der Waals surface area contributed by atoms with Crippen LogP contribution in [-0.2, 0) is 17.8 Å². The minimum atomic E-state index is 0.669. The van der Waals surface area contributed by atoms with Gasteiger partial charge in [0.2, 0.25) is 0 Å². The van der Waals surface area contributed by atoms with Gasteiger partial charge in [0.25, 0.3) is 0 Å². The van der Waals surface area contributed by atoms with Crippen LogP contribution in [0.5, 0.6) is 0 Å². The maximum atomic E-state index is 5.04. The molecule has 0 fully saturated rings. The van der Waals surface area contributed by atoms with Crippen molar-refractivity contribution in [3.8, 4) is 0 Å². The third-order valence-electron chi connectivity index (χ3n) is 2.85. The first-order valence-corrected chi connectivity index (χ1v) is 7.39. The summed E-state index contributed by atoms with van der Waals surface area (Å²) in [5.74, 6) is 0.826. The van der Waals surface area contributed by atoms with Gasteiger partial charge in [-0.1, -0.05) is 24.3 Å². The SMILES string of the molecule is CCNC(=NCc1cccc(CN(C)C)c1)NCCOC. The molecule has 0 saturated heterocycles. The smallest absolute Gasteiger partial charge is 0.191 e. The first kappa shape index (κ1) is 17.5. The second-order valence-corrected chi connectivity index (χ2v) is 5.17. The van der Waals surface area contributed by atoms with Crippen LogP contribution in [0.15, 0.2) is 29.3 Å². The highest BCUT2D eigenvalue weighted by molar-refractivity contribution is 5.79. The summed E-state index contributed by atoms with van der Waals surface area (Å²) in [6, 6.07) is 8.56. The summed E-state index contributed by atoms with van der Waals surface area (Å²) < 4.78 is 5.04. The Bertz CT molecular complexity index is 432. The molecule has 0 aliphatic rings. The van der Waals surface area contributed by atoms with Crippen molar-refractivity contribution in [1.82, 2.24) is 15.5 Å². The second-order valence-electron chi connectivity index (χ2n) is 5.17. The lowest BCUT2D eigenvalue weighted by Gasteiger charge is -2.12. The maximum absolute atomic E-state index is 5.04. The molecule has 0 atom stereocenters. The van der Waals surface area contributed by atoms with Crippen molar-refractivity contribution in [1.29, 1.82) is 0 Å². The number of nitrogens with one attached hydrogen (secondary N) is 2. The molecule has 0 aliphatic carbocycles. The number of guanidine groups is 1. The Morgan fingerprint density at radius 2 is 2.00 bits per heavy atom. The number of nitrogens with zero attached hydrogens (tertiary/aromatic N) is 2. The molecule has 0 radical (unpaired) electrons. The van der Waals surface area contributed by atoms with Crippen LogP contribution < -0.4 is 10.6 Å². The molecule has 118 valence electrons. The van der Waals surface area contributed by atoms with Crippen LogP contribution in [0, 0.1) is 0 Å². The monoisotopic (exact) mass is 292 g/mol. The summed E-state index contributed by atoms with van der Waals surface area (Å²) in [4.78, 5) is 6.77. The lowest BCUT2D eigenvalue weighted by molar-refractivity contribution is 0.203. The minimum absolute atomic E-state index is 0.669. The Balaban J connectivity index is 2.61. The molecule has 0 aromatic heterocycles. The van der Waals surface area contributed by atoms with E-state index in [4.69, 9.17) is 4.74 Å². The highest BCUT2D eigenvalue weighted by atomic mass is 16.5. The van der Waals surface area contributed by atoms with Gasteiger partial charge in [-0.15, -0.1) is 0 Å². The summed E-state index contributed by atoms with van der Waals surface area (Å²) in [7, 11) is 5.85. The fourth-order valence-corrected chi connectivity index (χ4v) is 1.98. The molecule has 5 nitrogen and oxygen atoms in total. The Hall–Kier alpha value is -1.59. The van der Waals surface area contributed by atoms with E-state index in [1.807, 2.05) is 0 Å². The molecule has 2 N–H and O–H groups in total. The van der Waals surface area contributed by atoms with Gasteiger partial charge in [-0.05, 0) is 32.1 Å². The fourth-order valence-electron chi connectivity index (χ4n) is 1.98. The molecular weight excluding hydrogens is 264 g/mol. The van der Waals surface area contributed by atoms with E-state index in [1.54, 1.807) is 7.11 Å². The van der Waals surface area contributed by atoms with Gasteiger partial charge in [0.05, 0.1) is 13.2 Å². The highest BCUT2D eigenvalue weighted by Crippen LogP contribution is 2.08. The first-order chi connectivity index (χ1) is 10.2. The van der Waals surface area contributed by atoms with Crippen LogP contribution in [0.3, 0.4) is 0 Å². The Morgan fingerprint density at radius 3 is 2.67 bits per heavy atom. The third-order valence-corrected chi connectivity index (χ3v) is 2.85. The van der Waals surface area contributed by atoms with E-state index < -0.39 is 0 Å². The molecule has 5 heteroatoms. The van der Waals surface area contributed by atoms with E-state index in [2.05, 4.69) is 65.8 Å². The Labute approximate surface area is 128 Å². The molecule has 1 rings (SSSR count). The molecule has 0 spiro atoms. The molecule has 0 saturated carbocycles. The number of hydrogen-bond acceptors (Lipinski definition) is 3. The number of methoxy groups -OCH3 is 1. The van der Waals surface area contributed by atoms with Crippen molar-refractivity contribution < 1.29 is 4.74 Å². The lowest BCUT2D eigenvalue weighted by atomic mass is 10.1. The zero-order valence-electron chi connectivity index (χ0n) is 13.6. The van der Waals surface area contributed by atoms with E-state index in [1.165, 1.54) is 11.1 Å². The van der Waals surface area contributed by atoms with Crippen LogP contribution in [0.2, 0.25) is 0 Å². The van der Waals surface area contributed by atoms with E-state index in [0.29, 0.717) is 13.2 Å². The normalized spacial score (nSPS) is 11.8. The van der Waals surface area contributed by atoms with Crippen molar-refractivity contribution in [2.24, 2.45) is 4.99 Å². The maximum Gasteiger partial charge on any atom is 0.191 e. The van der Waals surface area contributed by atoms with E-state index >= 15 is 0 Å². The minimum Gasteiger partial charge on any atom is -0.383 e. The molecule has 1 aromatic rings. The summed E-state index contributed by atoms with van der Waals surface area (Å²) in [6.45, 7) is 5.95. The van der Waals surface area contributed by atoms with Crippen molar-refractivity contribution in [3.05, 3.63) is 35.4 Å². The summed E-state index contributed by atoms with van der Waals surface area (Å²) in [5.41, 5.74) is 2.53. The van der Waals surface area contributed by atoms with Gasteiger partial charge in [0, 0.05) is 26.7 Å². The van der Waals surface area contributed by atoms with Crippen LogP contribution >= 0.6 is 0 Å². The summed E-state index contributed by atoms with van der Waals surface area (Å²) in [5, 5.41) is 6.48. The average Bonchev–Trinajstić information content (AvgIpc) is 2.44. The summed E-state index contributed by atoms with van der Waals surface area (Å²) in [6.07, 6.45) is 0. The first-order valence-electron chi connectivity index (χ1n) is 7.39. The molecule has 0 unspecified atom stereocenters. The van der Waals surface area contributed by atoms with E-state index in [0.717, 1.165) is 25.6 Å². The van der Waals surface area contributed by atoms with E-state index in [9.17, 15) is 0 Å². The van der Waals surface area contributed by atoms with E-state index in [-0.39, 0.29) is 0 Å². The molecule has 0 aliphatic heterocycles. The van der Waals surface area contributed by atoms with Gasteiger partial charge in [-0.3, -0.25) is 0 Å². The number of aliphatic imine (C=N–C) groups is 1. The second kappa shape index (κ2) is 10.2. The predicted octanol–water partition coefficient (Wildman–Crippen LogP) is 1.45. The van der Waals surface area contributed by atoms with Gasteiger partial charge in [-0.2, -0.15) is 0 Å². The van der Waals surface area contributed by atoms with Crippen LogP contribution in [-0.4, -0.2) is 51.8 Å². The number of hydrogen-bond donors (Lipinski definition) is 2. The molecule has 0 amide bonds. The van der Waals surface area contributed by atoms with Crippen molar-refractivity contribution >= 4 is 5.96 Å². The van der Waals surface area contributed by atoms with Crippen molar-refractivity contribution in [3.63, 3.8) is 0 Å². The molecule has 1 aromatic carbocycles. The van der Waals surface area contributed by atoms with Crippen molar-refractivity contribution in [2.75, 3.05) is 40.9 Å². The van der Waals surface area contributed by atoms with Crippen molar-refractivity contribution in [2.45, 2.75) is 20.0 Å².